The Morgan fingerprint density at radius 2 is 2.09 bits per heavy atom. The number of aryl methyl sites for hydroxylation is 1. The van der Waals surface area contributed by atoms with Crippen LogP contribution in [0.3, 0.4) is 0 Å². The molecule has 0 bridgehead atoms. The second kappa shape index (κ2) is 7.04. The molecule has 0 radical (unpaired) electrons. The molecule has 1 saturated heterocycles. The SMILES string of the molecule is CCc1ccc(NC(=O)N2CCS[C@@H]2c2cccc(F)c2)cc1. The number of amides is 2. The summed E-state index contributed by atoms with van der Waals surface area (Å²) in [5.41, 5.74) is 2.84. The molecule has 1 aliphatic rings. The van der Waals surface area contributed by atoms with Crippen molar-refractivity contribution < 1.29 is 9.18 Å². The topological polar surface area (TPSA) is 32.3 Å². The predicted molar refractivity (Wildman–Crippen MR) is 93.1 cm³/mol. The third-order valence-corrected chi connectivity index (χ3v) is 5.16. The third kappa shape index (κ3) is 3.67. The summed E-state index contributed by atoms with van der Waals surface area (Å²) in [5, 5.41) is 2.79. The number of rotatable bonds is 3. The Balaban J connectivity index is 1.72. The minimum absolute atomic E-state index is 0.138. The van der Waals surface area contributed by atoms with Crippen LogP contribution < -0.4 is 5.32 Å². The number of carbonyl (C=O) groups is 1. The fraction of sp³-hybridized carbons (Fsp3) is 0.278. The van der Waals surface area contributed by atoms with E-state index in [0.29, 0.717) is 6.54 Å². The van der Waals surface area contributed by atoms with Crippen LogP contribution in [0.2, 0.25) is 0 Å². The molecule has 120 valence electrons. The maximum absolute atomic E-state index is 13.4. The van der Waals surface area contributed by atoms with Gasteiger partial charge in [-0.05, 0) is 41.8 Å². The number of thioether (sulfide) groups is 1. The van der Waals surface area contributed by atoms with Crippen LogP contribution >= 0.6 is 11.8 Å². The first kappa shape index (κ1) is 15.9. The summed E-state index contributed by atoms with van der Waals surface area (Å²) in [6.45, 7) is 2.75. The fourth-order valence-corrected chi connectivity index (χ4v) is 3.88. The Bertz CT molecular complexity index is 690. The Hall–Kier alpha value is -2.01. The van der Waals surface area contributed by atoms with Crippen molar-refractivity contribution in [2.75, 3.05) is 17.6 Å². The van der Waals surface area contributed by atoms with Crippen molar-refractivity contribution in [3.05, 3.63) is 65.5 Å². The minimum atomic E-state index is -0.273. The summed E-state index contributed by atoms with van der Waals surface area (Å²) in [6.07, 6.45) is 0.971. The van der Waals surface area contributed by atoms with Crippen LogP contribution in [0.4, 0.5) is 14.9 Å². The fourth-order valence-electron chi connectivity index (χ4n) is 2.63. The highest BCUT2D eigenvalue weighted by Crippen LogP contribution is 2.38. The number of benzene rings is 2. The summed E-state index contributed by atoms with van der Waals surface area (Å²) >= 11 is 1.66. The summed E-state index contributed by atoms with van der Waals surface area (Å²) < 4.78 is 13.4. The van der Waals surface area contributed by atoms with E-state index in [1.54, 1.807) is 22.7 Å². The Morgan fingerprint density at radius 1 is 1.30 bits per heavy atom. The smallest absolute Gasteiger partial charge is 0.308 e. The van der Waals surface area contributed by atoms with Gasteiger partial charge in [-0.3, -0.25) is 0 Å². The molecule has 1 N–H and O–H groups in total. The molecule has 2 amide bonds. The van der Waals surface area contributed by atoms with Gasteiger partial charge in [-0.25, -0.2) is 9.18 Å². The van der Waals surface area contributed by atoms with Crippen LogP contribution in [0.15, 0.2) is 48.5 Å². The molecule has 23 heavy (non-hydrogen) atoms. The molecule has 2 aromatic carbocycles. The zero-order valence-electron chi connectivity index (χ0n) is 13.0. The van der Waals surface area contributed by atoms with E-state index >= 15 is 0 Å². The second-order valence-electron chi connectivity index (χ2n) is 5.45. The van der Waals surface area contributed by atoms with Gasteiger partial charge in [0.15, 0.2) is 0 Å². The number of anilines is 1. The predicted octanol–water partition coefficient (Wildman–Crippen LogP) is 4.67. The highest BCUT2D eigenvalue weighted by molar-refractivity contribution is 7.99. The van der Waals surface area contributed by atoms with Gasteiger partial charge in [0.05, 0.1) is 0 Å². The van der Waals surface area contributed by atoms with Crippen molar-refractivity contribution in [1.29, 1.82) is 0 Å². The first-order chi connectivity index (χ1) is 11.2. The zero-order valence-corrected chi connectivity index (χ0v) is 13.8. The number of halogens is 1. The van der Waals surface area contributed by atoms with E-state index in [-0.39, 0.29) is 17.2 Å². The van der Waals surface area contributed by atoms with Gasteiger partial charge in [0.1, 0.15) is 11.2 Å². The molecule has 3 rings (SSSR count). The number of hydrogen-bond acceptors (Lipinski definition) is 2. The van der Waals surface area contributed by atoms with Gasteiger partial charge < -0.3 is 10.2 Å². The first-order valence-electron chi connectivity index (χ1n) is 7.71. The lowest BCUT2D eigenvalue weighted by molar-refractivity contribution is 0.214. The number of nitrogens with one attached hydrogen (secondary N) is 1. The number of nitrogens with zero attached hydrogens (tertiary/aromatic N) is 1. The van der Waals surface area contributed by atoms with Crippen molar-refractivity contribution in [2.24, 2.45) is 0 Å². The normalized spacial score (nSPS) is 17.3. The number of carbonyl (C=O) groups excluding carboxylic acids is 1. The first-order valence-corrected chi connectivity index (χ1v) is 8.76. The average Bonchev–Trinajstić information content (AvgIpc) is 3.05. The van der Waals surface area contributed by atoms with Gasteiger partial charge in [-0.15, -0.1) is 11.8 Å². The van der Waals surface area contributed by atoms with Gasteiger partial charge in [-0.1, -0.05) is 31.2 Å². The van der Waals surface area contributed by atoms with E-state index in [2.05, 4.69) is 12.2 Å². The number of urea groups is 1. The van der Waals surface area contributed by atoms with Crippen molar-refractivity contribution in [1.82, 2.24) is 4.90 Å². The van der Waals surface area contributed by atoms with E-state index in [0.717, 1.165) is 23.4 Å². The lowest BCUT2D eigenvalue weighted by Gasteiger charge is -2.24. The van der Waals surface area contributed by atoms with Gasteiger partial charge in [-0.2, -0.15) is 0 Å². The second-order valence-corrected chi connectivity index (χ2v) is 6.64. The Labute approximate surface area is 139 Å². The van der Waals surface area contributed by atoms with Gasteiger partial charge in [0.2, 0.25) is 0 Å². The lowest BCUT2D eigenvalue weighted by atomic mass is 10.1. The van der Waals surface area contributed by atoms with Crippen LogP contribution in [0.5, 0.6) is 0 Å². The summed E-state index contributed by atoms with van der Waals surface area (Å²) in [4.78, 5) is 14.3. The van der Waals surface area contributed by atoms with E-state index in [4.69, 9.17) is 0 Å². The monoisotopic (exact) mass is 330 g/mol. The molecule has 0 saturated carbocycles. The van der Waals surface area contributed by atoms with Crippen LogP contribution in [0, 0.1) is 5.82 Å². The molecule has 5 heteroatoms. The Morgan fingerprint density at radius 3 is 2.78 bits per heavy atom. The third-order valence-electron chi connectivity index (χ3n) is 3.90. The molecule has 0 unspecified atom stereocenters. The van der Waals surface area contributed by atoms with Crippen LogP contribution in [0.25, 0.3) is 0 Å². The quantitative estimate of drug-likeness (QED) is 0.887. The minimum Gasteiger partial charge on any atom is -0.308 e. The average molecular weight is 330 g/mol. The van der Waals surface area contributed by atoms with Crippen LogP contribution in [0.1, 0.15) is 23.4 Å². The molecular weight excluding hydrogens is 311 g/mol. The highest BCUT2D eigenvalue weighted by Gasteiger charge is 2.30. The maximum atomic E-state index is 13.4. The summed E-state index contributed by atoms with van der Waals surface area (Å²) in [6, 6.07) is 14.2. The van der Waals surface area contributed by atoms with Crippen molar-refractivity contribution in [3.63, 3.8) is 0 Å². The summed E-state index contributed by atoms with van der Waals surface area (Å²) in [5.74, 6) is 0.578. The molecule has 1 heterocycles. The highest BCUT2D eigenvalue weighted by atomic mass is 32.2. The van der Waals surface area contributed by atoms with Crippen LogP contribution in [-0.4, -0.2) is 23.2 Å². The molecule has 2 aromatic rings. The van der Waals surface area contributed by atoms with Gasteiger partial charge in [0, 0.05) is 18.0 Å². The van der Waals surface area contributed by atoms with E-state index in [9.17, 15) is 9.18 Å². The van der Waals surface area contributed by atoms with Gasteiger partial charge >= 0.3 is 6.03 Å². The van der Waals surface area contributed by atoms with Crippen molar-refractivity contribution >= 4 is 23.5 Å². The van der Waals surface area contributed by atoms with Crippen molar-refractivity contribution in [3.8, 4) is 0 Å². The van der Waals surface area contributed by atoms with E-state index in [1.807, 2.05) is 30.3 Å². The van der Waals surface area contributed by atoms with E-state index in [1.165, 1.54) is 17.7 Å². The molecular formula is C18H19FN2OS. The standard InChI is InChI=1S/C18H19FN2OS/c1-2-13-6-8-16(9-7-13)20-18(22)21-10-11-23-17(21)14-4-3-5-15(19)12-14/h3-9,12,17H,2,10-11H2,1H3,(H,20,22)/t17-/m1/s1. The number of hydrogen-bond donors (Lipinski definition) is 1. The lowest BCUT2D eigenvalue weighted by Crippen LogP contribution is -2.34. The molecule has 1 aliphatic heterocycles. The van der Waals surface area contributed by atoms with E-state index < -0.39 is 0 Å². The van der Waals surface area contributed by atoms with Gasteiger partial charge in [0.25, 0.3) is 0 Å². The Kier molecular flexibility index (Phi) is 4.86. The maximum Gasteiger partial charge on any atom is 0.323 e. The summed E-state index contributed by atoms with van der Waals surface area (Å²) in [7, 11) is 0. The van der Waals surface area contributed by atoms with Crippen molar-refractivity contribution in [2.45, 2.75) is 18.7 Å². The largest absolute Gasteiger partial charge is 0.323 e. The molecule has 0 aromatic heterocycles. The molecule has 3 nitrogen and oxygen atoms in total. The molecule has 1 fully saturated rings. The zero-order chi connectivity index (χ0) is 16.2. The van der Waals surface area contributed by atoms with Crippen LogP contribution in [-0.2, 0) is 6.42 Å². The molecule has 1 atom stereocenters. The molecule has 0 spiro atoms. The molecule has 0 aliphatic carbocycles.